The predicted octanol–water partition coefficient (Wildman–Crippen LogP) is 2.34. The van der Waals surface area contributed by atoms with Crippen molar-refractivity contribution in [2.75, 3.05) is 6.61 Å². The van der Waals surface area contributed by atoms with Gasteiger partial charge in [-0.15, -0.1) is 0 Å². The average Bonchev–Trinajstić information content (AvgIpc) is 2.86. The van der Waals surface area contributed by atoms with Crippen LogP contribution in [0.4, 0.5) is 0 Å². The van der Waals surface area contributed by atoms with Crippen molar-refractivity contribution in [1.29, 1.82) is 0 Å². The van der Waals surface area contributed by atoms with Crippen LogP contribution in [-0.4, -0.2) is 18.7 Å². The summed E-state index contributed by atoms with van der Waals surface area (Å²) in [6, 6.07) is 4.25. The van der Waals surface area contributed by atoms with Crippen LogP contribution in [0.2, 0.25) is 0 Å². The lowest BCUT2D eigenvalue weighted by Gasteiger charge is -2.11. The number of hydrogen-bond acceptors (Lipinski definition) is 3. The Bertz CT molecular complexity index is 492. The minimum absolute atomic E-state index is 0.0181. The summed E-state index contributed by atoms with van der Waals surface area (Å²) in [6.45, 7) is 6.39. The highest BCUT2D eigenvalue weighted by atomic mass is 16.5. The van der Waals surface area contributed by atoms with E-state index in [4.69, 9.17) is 9.47 Å². The first kappa shape index (κ1) is 10.6. The number of aryl methyl sites for hydroxylation is 2. The Morgan fingerprint density at radius 3 is 2.88 bits per heavy atom. The molecule has 0 saturated heterocycles. The number of hydrogen-bond donors (Lipinski definition) is 0. The topological polar surface area (TPSA) is 35.5 Å². The second-order valence-electron chi connectivity index (χ2n) is 4.89. The first-order chi connectivity index (χ1) is 8.13. The van der Waals surface area contributed by atoms with Crippen molar-refractivity contribution in [3.05, 3.63) is 28.8 Å². The Kier molecular flexibility index (Phi) is 2.18. The van der Waals surface area contributed by atoms with Crippen molar-refractivity contribution >= 4 is 5.97 Å². The van der Waals surface area contributed by atoms with Gasteiger partial charge in [-0.3, -0.25) is 4.79 Å². The fourth-order valence-corrected chi connectivity index (χ4v) is 2.85. The minimum atomic E-state index is -0.118. The second kappa shape index (κ2) is 3.49. The summed E-state index contributed by atoms with van der Waals surface area (Å²) < 4.78 is 10.9. The summed E-state index contributed by atoms with van der Waals surface area (Å²) in [5.74, 6) is 1.00. The Morgan fingerprint density at radius 2 is 2.18 bits per heavy atom. The summed E-state index contributed by atoms with van der Waals surface area (Å²) in [5, 5.41) is 0. The second-order valence-corrected chi connectivity index (χ2v) is 4.89. The molecule has 1 heterocycles. The molecule has 3 atom stereocenters. The van der Waals surface area contributed by atoms with Crippen molar-refractivity contribution in [3.63, 3.8) is 0 Å². The maximum absolute atomic E-state index is 11.7. The van der Waals surface area contributed by atoms with E-state index in [-0.39, 0.29) is 23.9 Å². The summed E-state index contributed by atoms with van der Waals surface area (Å²) >= 11 is 0. The summed E-state index contributed by atoms with van der Waals surface area (Å²) in [4.78, 5) is 11.7. The molecule has 3 heteroatoms. The molecule has 0 N–H and O–H groups in total. The van der Waals surface area contributed by atoms with E-state index in [9.17, 15) is 4.79 Å². The van der Waals surface area contributed by atoms with E-state index in [2.05, 4.69) is 26.0 Å². The van der Waals surface area contributed by atoms with Gasteiger partial charge in [-0.05, 0) is 26.3 Å². The van der Waals surface area contributed by atoms with Gasteiger partial charge in [0.25, 0.3) is 0 Å². The monoisotopic (exact) mass is 232 g/mol. The third kappa shape index (κ3) is 1.45. The number of carbonyl (C=O) groups excluding carboxylic acids is 1. The molecule has 0 aromatic heterocycles. The van der Waals surface area contributed by atoms with E-state index >= 15 is 0 Å². The normalized spacial score (nSPS) is 28.1. The van der Waals surface area contributed by atoms with Crippen molar-refractivity contribution in [3.8, 4) is 5.75 Å². The first-order valence-electron chi connectivity index (χ1n) is 6.08. The molecule has 1 aliphatic carbocycles. The lowest BCUT2D eigenvalue weighted by Crippen LogP contribution is -2.13. The van der Waals surface area contributed by atoms with E-state index < -0.39 is 0 Å². The van der Waals surface area contributed by atoms with Gasteiger partial charge >= 0.3 is 5.97 Å². The van der Waals surface area contributed by atoms with Crippen LogP contribution in [0, 0.1) is 19.8 Å². The van der Waals surface area contributed by atoms with Crippen molar-refractivity contribution in [1.82, 2.24) is 0 Å². The van der Waals surface area contributed by atoms with E-state index in [0.29, 0.717) is 6.61 Å². The number of fused-ring (bicyclic) bond motifs is 3. The van der Waals surface area contributed by atoms with Gasteiger partial charge in [-0.2, -0.15) is 0 Å². The third-order valence-corrected chi connectivity index (χ3v) is 3.57. The summed E-state index contributed by atoms with van der Waals surface area (Å²) in [7, 11) is 0. The van der Waals surface area contributed by atoms with Gasteiger partial charge in [-0.1, -0.05) is 17.7 Å². The van der Waals surface area contributed by atoms with Crippen LogP contribution >= 0.6 is 0 Å². The highest BCUT2D eigenvalue weighted by Crippen LogP contribution is 2.59. The lowest BCUT2D eigenvalue weighted by atomic mass is 10.0. The molecule has 0 amide bonds. The van der Waals surface area contributed by atoms with E-state index in [1.165, 1.54) is 11.1 Å². The third-order valence-electron chi connectivity index (χ3n) is 3.57. The van der Waals surface area contributed by atoms with Gasteiger partial charge < -0.3 is 9.47 Å². The van der Waals surface area contributed by atoms with Crippen molar-refractivity contribution in [2.24, 2.45) is 5.92 Å². The van der Waals surface area contributed by atoms with Crippen molar-refractivity contribution in [2.45, 2.75) is 32.8 Å². The molecule has 3 unspecified atom stereocenters. The molecule has 0 radical (unpaired) electrons. The Balaban J connectivity index is 1.89. The van der Waals surface area contributed by atoms with Gasteiger partial charge in [0.05, 0.1) is 6.61 Å². The van der Waals surface area contributed by atoms with Crippen LogP contribution in [0.5, 0.6) is 5.75 Å². The number of rotatable bonds is 2. The number of carbonyl (C=O) groups is 1. The molecule has 2 aliphatic rings. The van der Waals surface area contributed by atoms with Crippen LogP contribution in [0.15, 0.2) is 12.1 Å². The molecule has 0 bridgehead atoms. The quantitative estimate of drug-likeness (QED) is 0.734. The molecular formula is C14H16O3. The van der Waals surface area contributed by atoms with E-state index in [1.54, 1.807) is 0 Å². The number of ether oxygens (including phenoxy) is 2. The molecule has 1 fully saturated rings. The zero-order valence-electron chi connectivity index (χ0n) is 10.3. The van der Waals surface area contributed by atoms with Crippen LogP contribution in [0.25, 0.3) is 0 Å². The molecule has 3 nitrogen and oxygen atoms in total. The molecule has 3 rings (SSSR count). The average molecular weight is 232 g/mol. The Hall–Kier alpha value is -1.51. The molecular weight excluding hydrogens is 216 g/mol. The maximum atomic E-state index is 11.7. The zero-order chi connectivity index (χ0) is 12.2. The molecule has 17 heavy (non-hydrogen) atoms. The van der Waals surface area contributed by atoms with Gasteiger partial charge in [0.2, 0.25) is 0 Å². The molecule has 1 aromatic rings. The number of benzene rings is 1. The minimum Gasteiger partial charge on any atom is -0.488 e. The van der Waals surface area contributed by atoms with Crippen LogP contribution < -0.4 is 4.74 Å². The number of esters is 1. The SMILES string of the molecule is CCOC(=O)C1C2Oc3c(C)cc(C)cc3C21. The standard InChI is InChI=1S/C14H16O3/c1-4-16-14(15)11-10-9-6-7(2)5-8(3)12(9)17-13(10)11/h5-6,10-11,13H,4H2,1-3H3. The fourth-order valence-electron chi connectivity index (χ4n) is 2.85. The van der Waals surface area contributed by atoms with Crippen LogP contribution in [0.3, 0.4) is 0 Å². The molecule has 1 aliphatic heterocycles. The van der Waals surface area contributed by atoms with E-state index in [1.807, 2.05) is 6.92 Å². The Labute approximate surface area is 101 Å². The summed E-state index contributed by atoms with van der Waals surface area (Å²) in [5.41, 5.74) is 3.57. The smallest absolute Gasteiger partial charge is 0.313 e. The molecule has 0 spiro atoms. The van der Waals surface area contributed by atoms with Gasteiger partial charge in [0, 0.05) is 11.5 Å². The van der Waals surface area contributed by atoms with Gasteiger partial charge in [0.1, 0.15) is 17.8 Å². The molecule has 1 aromatic carbocycles. The Morgan fingerprint density at radius 1 is 1.41 bits per heavy atom. The van der Waals surface area contributed by atoms with Crippen molar-refractivity contribution < 1.29 is 14.3 Å². The molecule has 90 valence electrons. The van der Waals surface area contributed by atoms with Crippen LogP contribution in [0.1, 0.15) is 29.5 Å². The largest absolute Gasteiger partial charge is 0.488 e. The predicted molar refractivity (Wildman–Crippen MR) is 63.2 cm³/mol. The highest BCUT2D eigenvalue weighted by Gasteiger charge is 2.63. The van der Waals surface area contributed by atoms with Gasteiger partial charge in [0.15, 0.2) is 0 Å². The molecule has 1 saturated carbocycles. The van der Waals surface area contributed by atoms with E-state index in [0.717, 1.165) is 11.3 Å². The fraction of sp³-hybridized carbons (Fsp3) is 0.500. The maximum Gasteiger partial charge on any atom is 0.313 e. The lowest BCUT2D eigenvalue weighted by molar-refractivity contribution is -0.145. The van der Waals surface area contributed by atoms with Gasteiger partial charge in [-0.25, -0.2) is 0 Å². The first-order valence-corrected chi connectivity index (χ1v) is 6.08. The zero-order valence-corrected chi connectivity index (χ0v) is 10.3. The van der Waals surface area contributed by atoms with Crippen LogP contribution in [-0.2, 0) is 9.53 Å². The summed E-state index contributed by atoms with van der Waals surface area (Å²) in [6.07, 6.45) is 0.0181. The highest BCUT2D eigenvalue weighted by molar-refractivity contribution is 5.81.